The molecular formula is C40H38F8O. The zero-order valence-electron chi connectivity index (χ0n) is 27.4. The van der Waals surface area contributed by atoms with E-state index in [1.165, 1.54) is 43.9 Å². The molecule has 4 aromatic rings. The van der Waals surface area contributed by atoms with E-state index in [1.807, 2.05) is 0 Å². The second kappa shape index (κ2) is 15.6. The number of unbranched alkanes of at least 4 members (excludes halogenated alkanes) is 2. The van der Waals surface area contributed by atoms with Crippen LogP contribution in [0, 0.1) is 40.8 Å². The van der Waals surface area contributed by atoms with Gasteiger partial charge in [-0.2, -0.15) is 8.78 Å². The predicted octanol–water partition coefficient (Wildman–Crippen LogP) is 13.3. The van der Waals surface area contributed by atoms with Gasteiger partial charge in [0.1, 0.15) is 46.2 Å². The smallest absolute Gasteiger partial charge is 0.429 e. The lowest BCUT2D eigenvalue weighted by Crippen LogP contribution is -2.25. The van der Waals surface area contributed by atoms with Crippen LogP contribution in [0.15, 0.2) is 66.7 Å². The minimum atomic E-state index is -4.61. The third-order valence-corrected chi connectivity index (χ3v) is 9.27. The summed E-state index contributed by atoms with van der Waals surface area (Å²) in [5.74, 6) is -7.13. The molecule has 1 aliphatic carbocycles. The molecule has 0 aliphatic heterocycles. The molecule has 9 heteroatoms. The standard InChI is InChI=1S/C40H38F8O/c1-3-5-7-8-24-10-12-25(13-11-24)26-14-16-30(33(41)18-26)28-21-37(45)39(38(46)22-28)40(47,48)49-29-15-17-31(36(44)23-29)27-19-34(42)32(9-6-4-2)35(43)20-27/h6,9,14-25H,3-5,7-8,10-13H2,1-2H3/b9-6+. The van der Waals surface area contributed by atoms with E-state index in [0.717, 1.165) is 55.5 Å². The zero-order valence-corrected chi connectivity index (χ0v) is 27.4. The van der Waals surface area contributed by atoms with Crippen LogP contribution in [0.25, 0.3) is 28.3 Å². The Morgan fingerprint density at radius 2 is 1.24 bits per heavy atom. The molecule has 4 aromatic carbocycles. The Hall–Kier alpha value is -4.14. The van der Waals surface area contributed by atoms with Crippen LogP contribution in [-0.4, -0.2) is 0 Å². The van der Waals surface area contributed by atoms with Crippen molar-refractivity contribution in [3.8, 4) is 28.0 Å². The van der Waals surface area contributed by atoms with Crippen molar-refractivity contribution in [1.82, 2.24) is 0 Å². The lowest BCUT2D eigenvalue weighted by molar-refractivity contribution is -0.189. The first-order chi connectivity index (χ1) is 23.4. The molecule has 0 amide bonds. The first kappa shape index (κ1) is 36.1. The van der Waals surface area contributed by atoms with Gasteiger partial charge in [0, 0.05) is 22.8 Å². The second-order valence-corrected chi connectivity index (χ2v) is 12.7. The molecule has 1 aliphatic rings. The Bertz CT molecular complexity index is 1760. The molecule has 49 heavy (non-hydrogen) atoms. The van der Waals surface area contributed by atoms with Gasteiger partial charge >= 0.3 is 6.11 Å². The first-order valence-electron chi connectivity index (χ1n) is 16.7. The Kier molecular flexibility index (Phi) is 11.5. The highest BCUT2D eigenvalue weighted by molar-refractivity contribution is 5.68. The minimum Gasteiger partial charge on any atom is -0.429 e. The van der Waals surface area contributed by atoms with Crippen molar-refractivity contribution in [3.05, 3.63) is 118 Å². The molecule has 1 nitrogen and oxygen atoms in total. The molecule has 0 radical (unpaired) electrons. The summed E-state index contributed by atoms with van der Waals surface area (Å²) in [6, 6.07) is 9.80. The van der Waals surface area contributed by atoms with Crippen LogP contribution in [0.2, 0.25) is 0 Å². The quantitative estimate of drug-likeness (QED) is 0.106. The third kappa shape index (κ3) is 8.36. The van der Waals surface area contributed by atoms with Crippen molar-refractivity contribution in [2.45, 2.75) is 83.7 Å². The summed E-state index contributed by atoms with van der Waals surface area (Å²) < 4.78 is 124. The first-order valence-corrected chi connectivity index (χ1v) is 16.7. The molecule has 0 unspecified atom stereocenters. The van der Waals surface area contributed by atoms with Gasteiger partial charge in [-0.3, -0.25) is 0 Å². The van der Waals surface area contributed by atoms with Crippen LogP contribution < -0.4 is 4.74 Å². The highest BCUT2D eigenvalue weighted by Crippen LogP contribution is 2.41. The van der Waals surface area contributed by atoms with E-state index in [1.54, 1.807) is 19.1 Å². The molecule has 0 spiro atoms. The van der Waals surface area contributed by atoms with Gasteiger partial charge in [-0.05, 0) is 103 Å². The van der Waals surface area contributed by atoms with Crippen molar-refractivity contribution >= 4 is 6.08 Å². The van der Waals surface area contributed by atoms with Gasteiger partial charge in [0.2, 0.25) is 0 Å². The Morgan fingerprint density at radius 1 is 0.673 bits per heavy atom. The average Bonchev–Trinajstić information content (AvgIpc) is 3.04. The second-order valence-electron chi connectivity index (χ2n) is 12.7. The van der Waals surface area contributed by atoms with Crippen molar-refractivity contribution in [1.29, 1.82) is 0 Å². The van der Waals surface area contributed by atoms with Gasteiger partial charge in [0.05, 0.1) is 0 Å². The third-order valence-electron chi connectivity index (χ3n) is 9.27. The van der Waals surface area contributed by atoms with Crippen LogP contribution >= 0.6 is 0 Å². The molecular weight excluding hydrogens is 648 g/mol. The van der Waals surface area contributed by atoms with Crippen LogP contribution in [0.4, 0.5) is 35.1 Å². The van der Waals surface area contributed by atoms with Gasteiger partial charge < -0.3 is 4.74 Å². The predicted molar refractivity (Wildman–Crippen MR) is 176 cm³/mol. The van der Waals surface area contributed by atoms with E-state index in [0.29, 0.717) is 30.5 Å². The largest absolute Gasteiger partial charge is 0.432 e. The lowest BCUT2D eigenvalue weighted by Gasteiger charge is -2.29. The Morgan fingerprint density at radius 3 is 1.80 bits per heavy atom. The molecule has 0 saturated heterocycles. The summed E-state index contributed by atoms with van der Waals surface area (Å²) in [6.45, 7) is 3.95. The molecule has 0 aromatic heterocycles. The van der Waals surface area contributed by atoms with E-state index in [9.17, 15) is 13.2 Å². The Labute approximate surface area is 281 Å². The molecule has 0 N–H and O–H groups in total. The number of benzene rings is 4. The Balaban J connectivity index is 1.31. The highest BCUT2D eigenvalue weighted by Gasteiger charge is 2.41. The molecule has 5 rings (SSSR count). The molecule has 260 valence electrons. The van der Waals surface area contributed by atoms with E-state index < -0.39 is 52.3 Å². The molecule has 0 heterocycles. The van der Waals surface area contributed by atoms with Crippen molar-refractivity contribution < 1.29 is 39.9 Å². The molecule has 1 fully saturated rings. The number of ether oxygens (including phenoxy) is 1. The van der Waals surface area contributed by atoms with E-state index in [4.69, 9.17) is 0 Å². The zero-order chi connectivity index (χ0) is 35.3. The lowest BCUT2D eigenvalue weighted by atomic mass is 9.77. The summed E-state index contributed by atoms with van der Waals surface area (Å²) in [4.78, 5) is 0. The van der Waals surface area contributed by atoms with Crippen molar-refractivity contribution in [2.75, 3.05) is 0 Å². The fourth-order valence-electron chi connectivity index (χ4n) is 6.62. The van der Waals surface area contributed by atoms with Crippen LogP contribution in [0.1, 0.15) is 94.2 Å². The van der Waals surface area contributed by atoms with E-state index >= 15 is 22.0 Å². The average molecular weight is 687 g/mol. The van der Waals surface area contributed by atoms with Gasteiger partial charge in [-0.15, -0.1) is 0 Å². The summed E-state index contributed by atoms with van der Waals surface area (Å²) in [6.07, 6.45) is 7.51. The maximum absolute atomic E-state index is 15.3. The van der Waals surface area contributed by atoms with Crippen molar-refractivity contribution in [2.24, 2.45) is 5.92 Å². The fraction of sp³-hybridized carbons (Fsp3) is 0.350. The van der Waals surface area contributed by atoms with E-state index in [-0.39, 0.29) is 33.7 Å². The number of halogens is 8. The van der Waals surface area contributed by atoms with Crippen LogP contribution in [0.3, 0.4) is 0 Å². The number of rotatable bonds is 12. The monoisotopic (exact) mass is 686 g/mol. The maximum Gasteiger partial charge on any atom is 0.432 e. The summed E-state index contributed by atoms with van der Waals surface area (Å²) >= 11 is 0. The van der Waals surface area contributed by atoms with Crippen LogP contribution in [-0.2, 0) is 6.11 Å². The van der Waals surface area contributed by atoms with Crippen LogP contribution in [0.5, 0.6) is 5.75 Å². The minimum absolute atomic E-state index is 0.148. The summed E-state index contributed by atoms with van der Waals surface area (Å²) in [5.41, 5.74) is -2.20. The molecule has 0 bridgehead atoms. The topological polar surface area (TPSA) is 9.23 Å². The van der Waals surface area contributed by atoms with Gasteiger partial charge in [0.15, 0.2) is 0 Å². The van der Waals surface area contributed by atoms with Gasteiger partial charge in [0.25, 0.3) is 0 Å². The summed E-state index contributed by atoms with van der Waals surface area (Å²) in [7, 11) is 0. The summed E-state index contributed by atoms with van der Waals surface area (Å²) in [5, 5.41) is 0. The van der Waals surface area contributed by atoms with E-state index in [2.05, 4.69) is 11.7 Å². The SMILES string of the molecule is CC/C=C/c1c(F)cc(-c2ccc(OC(F)(F)c3c(F)cc(-c4ccc(C5CCC(CCCCC)CC5)cc4F)cc3F)cc2F)cc1F. The maximum atomic E-state index is 15.3. The normalized spacial score (nSPS) is 16.8. The molecule has 1 saturated carbocycles. The fourth-order valence-corrected chi connectivity index (χ4v) is 6.62. The number of alkyl halides is 2. The molecule has 0 atom stereocenters. The number of allylic oxidation sites excluding steroid dienone is 1. The highest BCUT2D eigenvalue weighted by atomic mass is 19.3. The van der Waals surface area contributed by atoms with Gasteiger partial charge in [-0.1, -0.05) is 63.8 Å². The van der Waals surface area contributed by atoms with Crippen molar-refractivity contribution in [3.63, 3.8) is 0 Å². The van der Waals surface area contributed by atoms with Gasteiger partial charge in [-0.25, -0.2) is 26.3 Å². The number of hydrogen-bond donors (Lipinski definition) is 0. The number of hydrogen-bond acceptors (Lipinski definition) is 1.